The van der Waals surface area contributed by atoms with Crippen molar-refractivity contribution in [2.45, 2.75) is 37.8 Å². The van der Waals surface area contributed by atoms with Gasteiger partial charge < -0.3 is 10.6 Å². The maximum atomic E-state index is 12.3. The van der Waals surface area contributed by atoms with Gasteiger partial charge >= 0.3 is 0 Å². The van der Waals surface area contributed by atoms with Crippen LogP contribution >= 0.6 is 15.9 Å². The second-order valence-electron chi connectivity index (χ2n) is 4.82. The Kier molecular flexibility index (Phi) is 4.35. The smallest absolute Gasteiger partial charge is 0.273 e. The zero-order chi connectivity index (χ0) is 13.1. The maximum absolute atomic E-state index is 12.3. The Labute approximate surface area is 116 Å². The summed E-state index contributed by atoms with van der Waals surface area (Å²) < 4.78 is 0.745. The highest BCUT2D eigenvalue weighted by atomic mass is 79.9. The molecule has 1 amide bonds. The minimum Gasteiger partial charge on any atom is -0.337 e. The number of pyridine rings is 1. The first-order valence-corrected chi connectivity index (χ1v) is 7.02. The number of hydrogen-bond donors (Lipinski definition) is 1. The summed E-state index contributed by atoms with van der Waals surface area (Å²) in [6.45, 7) is 0. The molecule has 0 spiro atoms. The number of rotatable bonds is 2. The van der Waals surface area contributed by atoms with E-state index in [0.717, 1.165) is 30.2 Å². The monoisotopic (exact) mass is 311 g/mol. The molecule has 0 unspecified atom stereocenters. The largest absolute Gasteiger partial charge is 0.337 e. The van der Waals surface area contributed by atoms with E-state index in [4.69, 9.17) is 5.73 Å². The second kappa shape index (κ2) is 5.80. The fourth-order valence-electron chi connectivity index (χ4n) is 2.36. The third-order valence-corrected chi connectivity index (χ3v) is 4.21. The molecule has 0 aromatic carbocycles. The molecule has 4 nitrogen and oxygen atoms in total. The van der Waals surface area contributed by atoms with Gasteiger partial charge in [0.1, 0.15) is 5.69 Å². The molecule has 1 heterocycles. The predicted molar refractivity (Wildman–Crippen MR) is 74.3 cm³/mol. The highest BCUT2D eigenvalue weighted by Gasteiger charge is 2.26. The number of aromatic nitrogens is 1. The molecule has 2 rings (SSSR count). The van der Waals surface area contributed by atoms with Crippen molar-refractivity contribution >= 4 is 21.8 Å². The van der Waals surface area contributed by atoms with Gasteiger partial charge in [0.15, 0.2) is 0 Å². The zero-order valence-electron chi connectivity index (χ0n) is 10.5. The lowest BCUT2D eigenvalue weighted by molar-refractivity contribution is 0.0683. The summed E-state index contributed by atoms with van der Waals surface area (Å²) in [4.78, 5) is 18.3. The van der Waals surface area contributed by atoms with Crippen LogP contribution in [0.25, 0.3) is 0 Å². The maximum Gasteiger partial charge on any atom is 0.273 e. The SMILES string of the molecule is CN(C(=O)c1ncccc1Br)C1CCC(N)CC1. The van der Waals surface area contributed by atoms with Gasteiger partial charge in [0.25, 0.3) is 5.91 Å². The Morgan fingerprint density at radius 3 is 2.72 bits per heavy atom. The number of amides is 1. The van der Waals surface area contributed by atoms with Gasteiger partial charge in [-0.15, -0.1) is 0 Å². The Hall–Kier alpha value is -0.940. The molecule has 0 bridgehead atoms. The van der Waals surface area contributed by atoms with Crippen molar-refractivity contribution in [1.29, 1.82) is 0 Å². The number of nitrogens with zero attached hydrogens (tertiary/aromatic N) is 2. The summed E-state index contributed by atoms with van der Waals surface area (Å²) in [5.74, 6) is -0.0250. The predicted octanol–water partition coefficient (Wildman–Crippen LogP) is 2.19. The molecule has 1 aliphatic carbocycles. The molecule has 1 aromatic heterocycles. The summed E-state index contributed by atoms with van der Waals surface area (Å²) >= 11 is 3.37. The summed E-state index contributed by atoms with van der Waals surface area (Å²) in [5, 5.41) is 0. The topological polar surface area (TPSA) is 59.2 Å². The van der Waals surface area contributed by atoms with Gasteiger partial charge in [0, 0.05) is 29.8 Å². The summed E-state index contributed by atoms with van der Waals surface area (Å²) in [7, 11) is 1.85. The van der Waals surface area contributed by atoms with Crippen LogP contribution in [-0.4, -0.2) is 34.9 Å². The highest BCUT2D eigenvalue weighted by Crippen LogP contribution is 2.23. The molecule has 0 radical (unpaired) electrons. The van der Waals surface area contributed by atoms with Crippen molar-refractivity contribution in [2.75, 3.05) is 7.05 Å². The van der Waals surface area contributed by atoms with E-state index < -0.39 is 0 Å². The number of carbonyl (C=O) groups excluding carboxylic acids is 1. The summed E-state index contributed by atoms with van der Waals surface area (Å²) in [5.41, 5.74) is 6.37. The van der Waals surface area contributed by atoms with Crippen LogP contribution in [0.3, 0.4) is 0 Å². The standard InChI is InChI=1S/C13H18BrN3O/c1-17(10-6-4-9(15)5-7-10)13(18)12-11(14)3-2-8-16-12/h2-3,8-10H,4-7,15H2,1H3. The van der Waals surface area contributed by atoms with E-state index in [1.54, 1.807) is 17.2 Å². The molecule has 0 atom stereocenters. The average Bonchev–Trinajstić information content (AvgIpc) is 2.38. The first-order chi connectivity index (χ1) is 8.59. The molecule has 0 aliphatic heterocycles. The van der Waals surface area contributed by atoms with Crippen LogP contribution in [0, 0.1) is 0 Å². The number of carbonyl (C=O) groups is 1. The van der Waals surface area contributed by atoms with E-state index in [2.05, 4.69) is 20.9 Å². The highest BCUT2D eigenvalue weighted by molar-refractivity contribution is 9.10. The van der Waals surface area contributed by atoms with E-state index in [9.17, 15) is 4.79 Å². The molecule has 5 heteroatoms. The van der Waals surface area contributed by atoms with Gasteiger partial charge in [-0.3, -0.25) is 4.79 Å². The van der Waals surface area contributed by atoms with Gasteiger partial charge in [-0.1, -0.05) is 0 Å². The van der Waals surface area contributed by atoms with E-state index >= 15 is 0 Å². The van der Waals surface area contributed by atoms with Crippen molar-refractivity contribution in [2.24, 2.45) is 5.73 Å². The minimum atomic E-state index is -0.0250. The van der Waals surface area contributed by atoms with Gasteiger partial charge in [0.2, 0.25) is 0 Å². The van der Waals surface area contributed by atoms with Gasteiger partial charge in [-0.25, -0.2) is 4.98 Å². The fraction of sp³-hybridized carbons (Fsp3) is 0.538. The molecule has 98 valence electrons. The third-order valence-electron chi connectivity index (χ3n) is 3.57. The third kappa shape index (κ3) is 2.90. The molecule has 1 saturated carbocycles. The number of nitrogens with two attached hydrogens (primary N) is 1. The Bertz CT molecular complexity index is 430. The Balaban J connectivity index is 2.07. The first-order valence-electron chi connectivity index (χ1n) is 6.23. The molecule has 2 N–H and O–H groups in total. The van der Waals surface area contributed by atoms with Crippen LogP contribution in [0.2, 0.25) is 0 Å². The van der Waals surface area contributed by atoms with Crippen molar-refractivity contribution in [3.63, 3.8) is 0 Å². The molecule has 1 fully saturated rings. The van der Waals surface area contributed by atoms with Crippen LogP contribution in [-0.2, 0) is 0 Å². The Morgan fingerprint density at radius 2 is 2.11 bits per heavy atom. The van der Waals surface area contributed by atoms with E-state index in [0.29, 0.717) is 11.7 Å². The van der Waals surface area contributed by atoms with Gasteiger partial charge in [-0.05, 0) is 53.7 Å². The normalized spacial score (nSPS) is 23.7. The van der Waals surface area contributed by atoms with Crippen LogP contribution in [0.4, 0.5) is 0 Å². The summed E-state index contributed by atoms with van der Waals surface area (Å²) in [6, 6.07) is 4.23. The summed E-state index contributed by atoms with van der Waals surface area (Å²) in [6.07, 6.45) is 5.59. The lowest BCUT2D eigenvalue weighted by Gasteiger charge is -2.33. The molecule has 1 aliphatic rings. The van der Waals surface area contributed by atoms with Gasteiger partial charge in [0.05, 0.1) is 0 Å². The first kappa shape index (κ1) is 13.5. The lowest BCUT2D eigenvalue weighted by atomic mass is 9.91. The van der Waals surface area contributed by atoms with E-state index in [1.807, 2.05) is 13.1 Å². The number of hydrogen-bond acceptors (Lipinski definition) is 3. The van der Waals surface area contributed by atoms with Crippen molar-refractivity contribution in [1.82, 2.24) is 9.88 Å². The fourth-order valence-corrected chi connectivity index (χ4v) is 2.79. The zero-order valence-corrected chi connectivity index (χ0v) is 12.1. The minimum absolute atomic E-state index is 0.0250. The molecule has 0 saturated heterocycles. The molecule has 18 heavy (non-hydrogen) atoms. The van der Waals surface area contributed by atoms with Crippen LogP contribution in [0.15, 0.2) is 22.8 Å². The van der Waals surface area contributed by atoms with Crippen LogP contribution in [0.1, 0.15) is 36.2 Å². The van der Waals surface area contributed by atoms with Crippen LogP contribution in [0.5, 0.6) is 0 Å². The Morgan fingerprint density at radius 1 is 1.44 bits per heavy atom. The van der Waals surface area contributed by atoms with E-state index in [-0.39, 0.29) is 11.9 Å². The molecular weight excluding hydrogens is 294 g/mol. The molecular formula is C13H18BrN3O. The van der Waals surface area contributed by atoms with Crippen LogP contribution < -0.4 is 5.73 Å². The van der Waals surface area contributed by atoms with Crippen molar-refractivity contribution in [3.8, 4) is 0 Å². The lowest BCUT2D eigenvalue weighted by Crippen LogP contribution is -2.42. The van der Waals surface area contributed by atoms with E-state index in [1.165, 1.54) is 0 Å². The van der Waals surface area contributed by atoms with Gasteiger partial charge in [-0.2, -0.15) is 0 Å². The second-order valence-corrected chi connectivity index (χ2v) is 5.67. The quantitative estimate of drug-likeness (QED) is 0.910. The average molecular weight is 312 g/mol. The molecule has 1 aromatic rings. The van der Waals surface area contributed by atoms with Crippen molar-refractivity contribution in [3.05, 3.63) is 28.5 Å². The number of halogens is 1. The van der Waals surface area contributed by atoms with Crippen molar-refractivity contribution < 1.29 is 4.79 Å².